The second-order valence-corrected chi connectivity index (χ2v) is 12.6. The molecule has 0 spiro atoms. The lowest BCUT2D eigenvalue weighted by molar-refractivity contribution is 0.487. The molecule has 0 fully saturated rings. The zero-order chi connectivity index (χ0) is 30.4. The standard InChI is InChI=1S/C45H28O/c1-27-21-35(25-36-26-43-45-40(10-6-11-41(45)44(27)36)39-9-4-5-12-42(39)46-43)33-17-16-29-22-30(14-15-31(29)23-33)32-19-20-38-34(24-32)18-13-28-7-2-3-8-37(28)38/h2-26H,1H3. The number of hydrogen-bond acceptors (Lipinski definition) is 1. The second kappa shape index (κ2) is 9.54. The molecule has 1 heterocycles. The zero-order valence-corrected chi connectivity index (χ0v) is 25.3. The number of ether oxygens (including phenoxy) is 1. The van der Waals surface area contributed by atoms with Gasteiger partial charge in [-0.05, 0) is 125 Å². The van der Waals surface area contributed by atoms with E-state index in [1.54, 1.807) is 0 Å². The Morgan fingerprint density at radius 2 is 0.957 bits per heavy atom. The fourth-order valence-corrected chi connectivity index (χ4v) is 7.70. The van der Waals surface area contributed by atoms with Gasteiger partial charge in [-0.3, -0.25) is 0 Å². The molecule has 0 saturated heterocycles. The van der Waals surface area contributed by atoms with Crippen LogP contribution >= 0.6 is 0 Å². The topological polar surface area (TPSA) is 9.23 Å². The number of hydrogen-bond donors (Lipinski definition) is 0. The van der Waals surface area contributed by atoms with Gasteiger partial charge in [0.05, 0.1) is 0 Å². The molecule has 1 aliphatic rings. The molecular weight excluding hydrogens is 556 g/mol. The van der Waals surface area contributed by atoms with Crippen molar-refractivity contribution < 1.29 is 4.74 Å². The molecule has 1 aliphatic heterocycles. The molecule has 0 unspecified atom stereocenters. The van der Waals surface area contributed by atoms with E-state index >= 15 is 0 Å². The van der Waals surface area contributed by atoms with E-state index in [1.165, 1.54) is 87.2 Å². The van der Waals surface area contributed by atoms with E-state index < -0.39 is 0 Å². The maximum Gasteiger partial charge on any atom is 0.136 e. The van der Waals surface area contributed by atoms with E-state index in [4.69, 9.17) is 4.74 Å². The molecule has 0 atom stereocenters. The van der Waals surface area contributed by atoms with E-state index in [-0.39, 0.29) is 0 Å². The minimum absolute atomic E-state index is 0.917. The summed E-state index contributed by atoms with van der Waals surface area (Å²) in [6.07, 6.45) is 0. The van der Waals surface area contributed by atoms with Crippen molar-refractivity contribution in [2.75, 3.05) is 0 Å². The fourth-order valence-electron chi connectivity index (χ4n) is 7.70. The van der Waals surface area contributed by atoms with Gasteiger partial charge in [-0.25, -0.2) is 0 Å². The van der Waals surface area contributed by atoms with Gasteiger partial charge in [-0.2, -0.15) is 0 Å². The third-order valence-corrected chi connectivity index (χ3v) is 9.88. The van der Waals surface area contributed by atoms with Crippen molar-refractivity contribution in [3.8, 4) is 44.9 Å². The van der Waals surface area contributed by atoms with Crippen molar-refractivity contribution in [2.45, 2.75) is 6.92 Å². The Bertz CT molecular complexity index is 2730. The summed E-state index contributed by atoms with van der Waals surface area (Å²) < 4.78 is 6.49. The van der Waals surface area contributed by atoms with Crippen LogP contribution in [0.15, 0.2) is 152 Å². The molecule has 1 nitrogen and oxygen atoms in total. The molecule has 0 amide bonds. The lowest BCUT2D eigenvalue weighted by Gasteiger charge is -2.23. The Hall–Kier alpha value is -5.92. The normalized spacial score (nSPS) is 12.2. The average Bonchev–Trinajstić information content (AvgIpc) is 3.10. The van der Waals surface area contributed by atoms with E-state index in [1.807, 2.05) is 6.07 Å². The summed E-state index contributed by atoms with van der Waals surface area (Å²) in [4.78, 5) is 0. The SMILES string of the molecule is Cc1cc(-c2ccc3cc(-c4ccc5c(ccc6ccccc65)c4)ccc3c2)cc2cc3c4c(cccc4c12)-c1ccccc1O3. The van der Waals surface area contributed by atoms with E-state index in [0.29, 0.717) is 0 Å². The number of benzene rings is 9. The Morgan fingerprint density at radius 1 is 0.348 bits per heavy atom. The molecule has 0 aliphatic carbocycles. The Balaban J connectivity index is 1.06. The van der Waals surface area contributed by atoms with E-state index in [2.05, 4.69) is 153 Å². The predicted octanol–water partition coefficient (Wildman–Crippen LogP) is 12.9. The van der Waals surface area contributed by atoms with Crippen LogP contribution in [0, 0.1) is 6.92 Å². The summed E-state index contributed by atoms with van der Waals surface area (Å²) >= 11 is 0. The lowest BCUT2D eigenvalue weighted by Crippen LogP contribution is -1.98. The molecule has 0 radical (unpaired) electrons. The van der Waals surface area contributed by atoms with Gasteiger partial charge in [-0.1, -0.05) is 115 Å². The van der Waals surface area contributed by atoms with Gasteiger partial charge in [0.15, 0.2) is 0 Å². The summed E-state index contributed by atoms with van der Waals surface area (Å²) in [5.74, 6) is 1.85. The van der Waals surface area contributed by atoms with Crippen molar-refractivity contribution in [3.63, 3.8) is 0 Å². The summed E-state index contributed by atoms with van der Waals surface area (Å²) in [5.41, 5.74) is 8.58. The van der Waals surface area contributed by atoms with Gasteiger partial charge < -0.3 is 4.74 Å². The Morgan fingerprint density at radius 3 is 1.83 bits per heavy atom. The van der Waals surface area contributed by atoms with Crippen LogP contribution in [-0.4, -0.2) is 0 Å². The van der Waals surface area contributed by atoms with Crippen LogP contribution in [0.25, 0.3) is 87.2 Å². The highest BCUT2D eigenvalue weighted by atomic mass is 16.5. The largest absolute Gasteiger partial charge is 0.456 e. The summed E-state index contributed by atoms with van der Waals surface area (Å²) in [7, 11) is 0. The maximum absolute atomic E-state index is 6.49. The van der Waals surface area contributed by atoms with Crippen LogP contribution in [0.5, 0.6) is 11.5 Å². The van der Waals surface area contributed by atoms with Crippen molar-refractivity contribution in [3.05, 3.63) is 157 Å². The van der Waals surface area contributed by atoms with E-state index in [0.717, 1.165) is 17.1 Å². The highest BCUT2D eigenvalue weighted by Crippen LogP contribution is 2.49. The molecule has 0 bridgehead atoms. The van der Waals surface area contributed by atoms with Gasteiger partial charge in [0.25, 0.3) is 0 Å². The molecule has 9 aromatic carbocycles. The second-order valence-electron chi connectivity index (χ2n) is 12.6. The Labute approximate surface area is 266 Å². The summed E-state index contributed by atoms with van der Waals surface area (Å²) in [6.45, 7) is 2.23. The van der Waals surface area contributed by atoms with Gasteiger partial charge in [0.1, 0.15) is 11.5 Å². The molecule has 214 valence electrons. The zero-order valence-electron chi connectivity index (χ0n) is 25.3. The lowest BCUT2D eigenvalue weighted by atomic mass is 9.88. The molecule has 0 saturated carbocycles. The molecule has 0 aromatic heterocycles. The first-order chi connectivity index (χ1) is 22.7. The van der Waals surface area contributed by atoms with Gasteiger partial charge in [0, 0.05) is 10.9 Å². The highest BCUT2D eigenvalue weighted by molar-refractivity contribution is 6.18. The first-order valence-corrected chi connectivity index (χ1v) is 15.9. The first-order valence-electron chi connectivity index (χ1n) is 15.9. The maximum atomic E-state index is 6.49. The highest BCUT2D eigenvalue weighted by Gasteiger charge is 2.22. The Kier molecular flexibility index (Phi) is 5.27. The van der Waals surface area contributed by atoms with Crippen molar-refractivity contribution in [2.24, 2.45) is 0 Å². The molecule has 10 rings (SSSR count). The monoisotopic (exact) mass is 584 g/mol. The smallest absolute Gasteiger partial charge is 0.136 e. The van der Waals surface area contributed by atoms with Crippen molar-refractivity contribution >= 4 is 53.9 Å². The number of aryl methyl sites for hydroxylation is 1. The minimum atomic E-state index is 0.917. The first kappa shape index (κ1) is 25.4. The third-order valence-electron chi connectivity index (χ3n) is 9.88. The number of fused-ring (bicyclic) bond motifs is 8. The fraction of sp³-hybridized carbons (Fsp3) is 0.0222. The van der Waals surface area contributed by atoms with Crippen LogP contribution < -0.4 is 4.74 Å². The summed E-state index contributed by atoms with van der Waals surface area (Å²) in [6, 6.07) is 55.4. The molecule has 0 N–H and O–H groups in total. The third kappa shape index (κ3) is 3.76. The van der Waals surface area contributed by atoms with Gasteiger partial charge in [-0.15, -0.1) is 0 Å². The quantitative estimate of drug-likeness (QED) is 0.184. The van der Waals surface area contributed by atoms with Crippen LogP contribution in [0.4, 0.5) is 0 Å². The van der Waals surface area contributed by atoms with Crippen LogP contribution in [0.1, 0.15) is 5.56 Å². The van der Waals surface area contributed by atoms with Crippen LogP contribution in [0.2, 0.25) is 0 Å². The molecule has 46 heavy (non-hydrogen) atoms. The minimum Gasteiger partial charge on any atom is -0.456 e. The van der Waals surface area contributed by atoms with Crippen molar-refractivity contribution in [1.82, 2.24) is 0 Å². The average molecular weight is 585 g/mol. The number of para-hydroxylation sites is 1. The number of rotatable bonds is 2. The molecule has 9 aromatic rings. The predicted molar refractivity (Wildman–Crippen MR) is 195 cm³/mol. The van der Waals surface area contributed by atoms with Crippen molar-refractivity contribution in [1.29, 1.82) is 0 Å². The molecule has 1 heteroatoms. The van der Waals surface area contributed by atoms with E-state index in [9.17, 15) is 0 Å². The van der Waals surface area contributed by atoms with Crippen LogP contribution in [-0.2, 0) is 0 Å². The summed E-state index contributed by atoms with van der Waals surface area (Å²) in [5, 5.41) is 12.6. The van der Waals surface area contributed by atoms with Crippen LogP contribution in [0.3, 0.4) is 0 Å². The molecular formula is C45H28O. The van der Waals surface area contributed by atoms with Gasteiger partial charge >= 0.3 is 0 Å². The van der Waals surface area contributed by atoms with Gasteiger partial charge in [0.2, 0.25) is 0 Å².